The molecule has 3 heterocycles. The fraction of sp³-hybridized carbons (Fsp3) is 0.346. The van der Waals surface area contributed by atoms with Crippen molar-refractivity contribution in [2.24, 2.45) is 0 Å². The lowest BCUT2D eigenvalue weighted by molar-refractivity contribution is -0.141. The van der Waals surface area contributed by atoms with E-state index in [1.165, 1.54) is 6.92 Å². The minimum Gasteiger partial charge on any atom is -0.489 e. The Labute approximate surface area is 198 Å². The molecular weight excluding hydrogens is 430 g/mol. The maximum atomic E-state index is 12.0. The number of aromatic nitrogens is 3. The molecule has 0 bridgehead atoms. The van der Waals surface area contributed by atoms with Gasteiger partial charge in [0.25, 0.3) is 5.91 Å². The number of nitrogens with zero attached hydrogens (tertiary/aromatic N) is 5. The van der Waals surface area contributed by atoms with E-state index >= 15 is 0 Å². The Bertz CT molecular complexity index is 1200. The molecule has 4 rings (SSSR count). The van der Waals surface area contributed by atoms with Gasteiger partial charge >= 0.3 is 0 Å². The van der Waals surface area contributed by atoms with Crippen molar-refractivity contribution in [2.75, 3.05) is 13.1 Å². The molecule has 3 aromatic rings. The second-order valence-electron chi connectivity index (χ2n) is 8.48. The van der Waals surface area contributed by atoms with Gasteiger partial charge < -0.3 is 14.7 Å². The highest BCUT2D eigenvalue weighted by atomic mass is 16.5. The normalized spacial score (nSPS) is 14.9. The first-order valence-electron chi connectivity index (χ1n) is 11.3. The molecule has 2 aromatic heterocycles. The number of rotatable bonds is 6. The number of carbonyl (C=O) groups excluding carboxylic acids is 1. The topological polar surface area (TPSA) is 112 Å². The van der Waals surface area contributed by atoms with Crippen LogP contribution in [0.4, 0.5) is 0 Å². The molecule has 0 aliphatic carbocycles. The maximum Gasteiger partial charge on any atom is 0.251 e. The van der Waals surface area contributed by atoms with Crippen LogP contribution >= 0.6 is 0 Å². The molecule has 1 aliphatic rings. The number of ether oxygens (including phenoxy) is 1. The van der Waals surface area contributed by atoms with Crippen molar-refractivity contribution >= 4 is 5.91 Å². The van der Waals surface area contributed by atoms with Crippen LogP contribution in [0.1, 0.15) is 42.4 Å². The smallest absolute Gasteiger partial charge is 0.251 e. The predicted molar refractivity (Wildman–Crippen MR) is 126 cm³/mol. The molecule has 8 heteroatoms. The molecule has 1 aliphatic heterocycles. The summed E-state index contributed by atoms with van der Waals surface area (Å²) in [7, 11) is 0. The van der Waals surface area contributed by atoms with E-state index in [4.69, 9.17) is 4.74 Å². The zero-order valence-corrected chi connectivity index (χ0v) is 19.3. The van der Waals surface area contributed by atoms with Gasteiger partial charge in [-0.1, -0.05) is 6.07 Å². The number of carbonyl (C=O) groups is 1. The highest BCUT2D eigenvalue weighted by Gasteiger charge is 2.26. The van der Waals surface area contributed by atoms with Gasteiger partial charge in [-0.05, 0) is 49.7 Å². The number of benzene rings is 1. The van der Waals surface area contributed by atoms with Crippen molar-refractivity contribution in [3.8, 4) is 23.1 Å². The first-order chi connectivity index (χ1) is 16.4. The Kier molecular flexibility index (Phi) is 7.14. The fourth-order valence-electron chi connectivity index (χ4n) is 3.95. The van der Waals surface area contributed by atoms with Gasteiger partial charge in [0, 0.05) is 56.0 Å². The lowest BCUT2D eigenvalue weighted by atomic mass is 10.1. The number of aliphatic hydroxyl groups is 1. The number of aryl methyl sites for hydroxylation is 1. The van der Waals surface area contributed by atoms with Gasteiger partial charge in [0.15, 0.2) is 0 Å². The number of hydrogen-bond acceptors (Lipinski definition) is 7. The Morgan fingerprint density at radius 1 is 1.24 bits per heavy atom. The summed E-state index contributed by atoms with van der Waals surface area (Å²) in [6, 6.07) is 13.5. The minimum atomic E-state index is -0.994. The van der Waals surface area contributed by atoms with E-state index in [0.717, 1.165) is 22.5 Å². The summed E-state index contributed by atoms with van der Waals surface area (Å²) >= 11 is 0. The number of pyridine rings is 1. The summed E-state index contributed by atoms with van der Waals surface area (Å²) in [6.45, 7) is 4.47. The van der Waals surface area contributed by atoms with Crippen LogP contribution in [0.2, 0.25) is 0 Å². The number of amides is 1. The van der Waals surface area contributed by atoms with E-state index in [-0.39, 0.29) is 12.0 Å². The van der Waals surface area contributed by atoms with Crippen molar-refractivity contribution in [1.29, 1.82) is 5.26 Å². The third-order valence-electron chi connectivity index (χ3n) is 5.84. The number of aliphatic hydroxyl groups excluding tert-OH is 1. The van der Waals surface area contributed by atoms with Crippen molar-refractivity contribution in [2.45, 2.75) is 45.3 Å². The van der Waals surface area contributed by atoms with Crippen molar-refractivity contribution in [3.05, 3.63) is 71.4 Å². The molecule has 1 saturated heterocycles. The van der Waals surface area contributed by atoms with E-state index in [2.05, 4.69) is 21.0 Å². The van der Waals surface area contributed by atoms with E-state index in [1.807, 2.05) is 37.4 Å². The first kappa shape index (κ1) is 23.3. The molecule has 8 nitrogen and oxygen atoms in total. The largest absolute Gasteiger partial charge is 0.489 e. The Hall–Kier alpha value is -3.83. The molecule has 0 spiro atoms. The summed E-state index contributed by atoms with van der Waals surface area (Å²) < 4.78 is 6.11. The predicted octanol–water partition coefficient (Wildman–Crippen LogP) is 3.06. The monoisotopic (exact) mass is 457 g/mol. The van der Waals surface area contributed by atoms with Gasteiger partial charge in [0.1, 0.15) is 29.9 Å². The fourth-order valence-corrected chi connectivity index (χ4v) is 3.95. The van der Waals surface area contributed by atoms with Gasteiger partial charge in [-0.15, -0.1) is 0 Å². The van der Waals surface area contributed by atoms with Crippen LogP contribution in [0.3, 0.4) is 0 Å². The summed E-state index contributed by atoms with van der Waals surface area (Å²) in [5.41, 5.74) is 3.97. The third-order valence-corrected chi connectivity index (χ3v) is 5.84. The lowest BCUT2D eigenvalue weighted by Gasteiger charge is -2.33. The molecule has 1 amide bonds. The molecule has 1 N–H and O–H groups in total. The number of likely N-dealkylation sites (tertiary alicyclic amines) is 1. The van der Waals surface area contributed by atoms with Crippen LogP contribution in [0.5, 0.6) is 5.75 Å². The average Bonchev–Trinajstić information content (AvgIpc) is 2.86. The summed E-state index contributed by atoms with van der Waals surface area (Å²) in [5.74, 6) is 0.940. The molecule has 0 unspecified atom stereocenters. The standard InChI is InChI=1S/C26H27N5O3/c1-17-3-4-19(16-29-17)13-25-28-10-7-23(30-25)20-5-6-24(21(14-20)15-27)34-22-8-11-31(12-9-22)26(33)18(2)32/h3-7,10,14,16,18,22,32H,8-9,11-13H2,1-2H3/t18-/m1/s1. The Morgan fingerprint density at radius 3 is 2.71 bits per heavy atom. The third kappa shape index (κ3) is 5.56. The SMILES string of the molecule is Cc1ccc(Cc2nccc(-c3ccc(OC4CCN(C(=O)[C@@H](C)O)CC4)c(C#N)c3)n2)cn1. The van der Waals surface area contributed by atoms with Crippen LogP contribution in [0.25, 0.3) is 11.3 Å². The molecular formula is C26H27N5O3. The Morgan fingerprint density at radius 2 is 2.03 bits per heavy atom. The molecule has 34 heavy (non-hydrogen) atoms. The van der Waals surface area contributed by atoms with Crippen molar-refractivity contribution < 1.29 is 14.6 Å². The molecule has 1 fully saturated rings. The van der Waals surface area contributed by atoms with E-state index in [1.54, 1.807) is 23.2 Å². The van der Waals surface area contributed by atoms with Crippen LogP contribution < -0.4 is 4.74 Å². The minimum absolute atomic E-state index is 0.0928. The van der Waals surface area contributed by atoms with E-state index < -0.39 is 6.10 Å². The van der Waals surface area contributed by atoms with Gasteiger partial charge in [-0.3, -0.25) is 9.78 Å². The summed E-state index contributed by atoms with van der Waals surface area (Å²) in [4.78, 5) is 27.0. The molecule has 1 atom stereocenters. The zero-order chi connectivity index (χ0) is 24.1. The van der Waals surface area contributed by atoms with Crippen LogP contribution in [0.15, 0.2) is 48.8 Å². The van der Waals surface area contributed by atoms with Gasteiger partial charge in [-0.25, -0.2) is 9.97 Å². The maximum absolute atomic E-state index is 12.0. The highest BCUT2D eigenvalue weighted by Crippen LogP contribution is 2.28. The van der Waals surface area contributed by atoms with Gasteiger partial charge in [0.05, 0.1) is 11.3 Å². The van der Waals surface area contributed by atoms with Crippen molar-refractivity contribution in [3.63, 3.8) is 0 Å². The van der Waals surface area contributed by atoms with E-state index in [0.29, 0.717) is 49.5 Å². The lowest BCUT2D eigenvalue weighted by Crippen LogP contribution is -2.45. The first-order valence-corrected chi connectivity index (χ1v) is 11.3. The molecule has 0 saturated carbocycles. The van der Waals surface area contributed by atoms with Crippen LogP contribution in [0, 0.1) is 18.3 Å². The average molecular weight is 458 g/mol. The van der Waals surface area contributed by atoms with E-state index in [9.17, 15) is 15.2 Å². The summed E-state index contributed by atoms with van der Waals surface area (Å²) in [6.07, 6.45) is 4.33. The quantitative estimate of drug-likeness (QED) is 0.605. The molecule has 0 radical (unpaired) electrons. The highest BCUT2D eigenvalue weighted by molar-refractivity contribution is 5.80. The van der Waals surface area contributed by atoms with Crippen LogP contribution in [-0.2, 0) is 11.2 Å². The number of nitriles is 1. The molecule has 1 aromatic carbocycles. The van der Waals surface area contributed by atoms with Gasteiger partial charge in [-0.2, -0.15) is 5.26 Å². The number of piperidine rings is 1. The number of hydrogen-bond donors (Lipinski definition) is 1. The molecule has 174 valence electrons. The van der Waals surface area contributed by atoms with Gasteiger partial charge in [0.2, 0.25) is 0 Å². The van der Waals surface area contributed by atoms with Crippen molar-refractivity contribution in [1.82, 2.24) is 19.9 Å². The summed E-state index contributed by atoms with van der Waals surface area (Å²) in [5, 5.41) is 19.2. The Balaban J connectivity index is 1.45. The van der Waals surface area contributed by atoms with Crippen LogP contribution in [-0.4, -0.2) is 56.2 Å². The second-order valence-corrected chi connectivity index (χ2v) is 8.48. The second kappa shape index (κ2) is 10.4. The zero-order valence-electron chi connectivity index (χ0n) is 19.3.